The molecule has 3 aliphatic heterocycles. The van der Waals surface area contributed by atoms with E-state index in [2.05, 4.69) is 10.3 Å². The summed E-state index contributed by atoms with van der Waals surface area (Å²) in [5, 5.41) is 11.9. The fraction of sp³-hybridized carbons (Fsp3) is 0.735. The molecule has 9 atom stereocenters. The summed E-state index contributed by atoms with van der Waals surface area (Å²) in [6, 6.07) is 0. The Hall–Kier alpha value is -2.56. The summed E-state index contributed by atoms with van der Waals surface area (Å²) < 4.78 is 66.8. The minimum absolute atomic E-state index is 0.0197. The van der Waals surface area contributed by atoms with Crippen LogP contribution in [-0.4, -0.2) is 129 Å². The van der Waals surface area contributed by atoms with E-state index in [4.69, 9.17) is 34.7 Å². The SMILES string of the molecule is [3H]C1CC(OP(=O)(O)OC2CC(n3cc(/C=C/C(=O)NCCCCN)c(=O)[nH]c3=O)OC2CCCOP(=O)(O)OCCCCCCSC2CC(=O)N(C)C2=O)C(CO)O1. The molecule has 21 nitrogen and oxygen atoms in total. The molecule has 1 aromatic rings. The molecule has 0 radical (unpaired) electrons. The van der Waals surface area contributed by atoms with Gasteiger partial charge in [-0.1, -0.05) is 12.8 Å². The summed E-state index contributed by atoms with van der Waals surface area (Å²) in [4.78, 5) is 85.7. The number of H-pyrrole nitrogens is 1. The highest BCUT2D eigenvalue weighted by atomic mass is 32.2. The molecule has 7 N–H and O–H groups in total. The van der Waals surface area contributed by atoms with Crippen LogP contribution >= 0.6 is 27.4 Å². The van der Waals surface area contributed by atoms with Gasteiger partial charge >= 0.3 is 21.3 Å². The van der Waals surface area contributed by atoms with Gasteiger partial charge in [-0.3, -0.25) is 51.7 Å². The summed E-state index contributed by atoms with van der Waals surface area (Å²) in [7, 11) is -7.89. The van der Waals surface area contributed by atoms with Crippen molar-refractivity contribution >= 4 is 51.2 Å². The van der Waals surface area contributed by atoms with Crippen molar-refractivity contribution in [1.29, 1.82) is 0 Å². The molecular weight excluding hydrogens is 828 g/mol. The van der Waals surface area contributed by atoms with Gasteiger partial charge in [-0.15, -0.1) is 11.8 Å². The number of aliphatic hydroxyl groups is 1. The maximum absolute atomic E-state index is 13.2. The molecule has 328 valence electrons. The highest BCUT2D eigenvalue weighted by Gasteiger charge is 2.44. The molecule has 9 unspecified atom stereocenters. The number of likely N-dealkylation sites (tertiary alicyclic amines) is 1. The van der Waals surface area contributed by atoms with Crippen LogP contribution in [0.1, 0.15) is 83.8 Å². The van der Waals surface area contributed by atoms with Gasteiger partial charge < -0.3 is 35.4 Å². The van der Waals surface area contributed by atoms with Crippen LogP contribution in [0.3, 0.4) is 0 Å². The lowest BCUT2D eigenvalue weighted by molar-refractivity contribution is -0.136. The van der Waals surface area contributed by atoms with Crippen molar-refractivity contribution in [2.24, 2.45) is 5.73 Å². The number of hydrogen-bond donors (Lipinski definition) is 6. The lowest BCUT2D eigenvalue weighted by atomic mass is 10.1. The van der Waals surface area contributed by atoms with Crippen LogP contribution < -0.4 is 22.3 Å². The molecule has 0 saturated carbocycles. The smallest absolute Gasteiger partial charge is 0.394 e. The quantitative estimate of drug-likeness (QED) is 0.0331. The van der Waals surface area contributed by atoms with Crippen molar-refractivity contribution in [2.75, 3.05) is 52.3 Å². The Bertz CT molecular complexity index is 1820. The fourth-order valence-electron chi connectivity index (χ4n) is 6.25. The second kappa shape index (κ2) is 23.4. The van der Waals surface area contributed by atoms with Crippen LogP contribution in [0.15, 0.2) is 21.9 Å². The number of rotatable bonds is 26. The van der Waals surface area contributed by atoms with Crippen LogP contribution in [0, 0.1) is 0 Å². The normalized spacial score (nSPS) is 27.3. The lowest BCUT2D eigenvalue weighted by Gasteiger charge is -2.24. The number of aliphatic hydroxyl groups excluding tert-OH is 1. The molecule has 0 spiro atoms. The molecule has 4 heterocycles. The molecule has 3 saturated heterocycles. The first-order valence-electron chi connectivity index (χ1n) is 19.7. The van der Waals surface area contributed by atoms with E-state index in [1.807, 2.05) is 0 Å². The minimum atomic E-state index is -4.92. The van der Waals surface area contributed by atoms with E-state index in [-0.39, 0.29) is 67.9 Å². The predicted octanol–water partition coefficient (Wildman–Crippen LogP) is 1.31. The first-order chi connectivity index (χ1) is 28.0. The van der Waals surface area contributed by atoms with Crippen molar-refractivity contribution in [3.63, 3.8) is 0 Å². The monoisotopic (exact) mass is 885 g/mol. The summed E-state index contributed by atoms with van der Waals surface area (Å²) in [5.74, 6) is -0.152. The first kappa shape index (κ1) is 46.5. The van der Waals surface area contributed by atoms with Gasteiger partial charge in [0.2, 0.25) is 17.7 Å². The number of hydrogen-bond acceptors (Lipinski definition) is 16. The zero-order valence-corrected chi connectivity index (χ0v) is 34.8. The molecule has 3 aliphatic rings. The standard InChI is InChI=1S/C34H55N5O16P2S/c1-38-30(42)20-28(33(38)44)58-18-7-3-2-6-15-51-56(46,47)52-16-8-9-24-26(55-57(48,49)54-25-12-17-50-27(25)22-40)19-31(53-24)39-21-23(32(43)37-34(39)45)10-11-29(41)36-14-5-4-13-35/h10-11,21,24-28,31,40H,2-9,12-20,22,35H2,1H3,(H,36,41)(H,46,47)(H,48,49)(H,37,43,45)/b11-10+/i17T. The maximum atomic E-state index is 13.2. The van der Waals surface area contributed by atoms with E-state index in [9.17, 15) is 48.0 Å². The first-order valence-corrected chi connectivity index (χ1v) is 23.2. The van der Waals surface area contributed by atoms with E-state index in [0.717, 1.165) is 34.6 Å². The molecule has 3 amide bonds. The minimum Gasteiger partial charge on any atom is -0.394 e. The molecule has 58 heavy (non-hydrogen) atoms. The van der Waals surface area contributed by atoms with Gasteiger partial charge in [-0.2, -0.15) is 0 Å². The Morgan fingerprint density at radius 3 is 2.48 bits per heavy atom. The molecule has 0 aromatic carbocycles. The Labute approximate surface area is 340 Å². The van der Waals surface area contributed by atoms with E-state index >= 15 is 0 Å². The zero-order chi connectivity index (χ0) is 43.2. The van der Waals surface area contributed by atoms with E-state index < -0.39 is 76.6 Å². The predicted molar refractivity (Wildman–Crippen MR) is 209 cm³/mol. The summed E-state index contributed by atoms with van der Waals surface area (Å²) in [6.07, 6.45) is 1.98. The number of nitrogens with zero attached hydrogens (tertiary/aromatic N) is 2. The van der Waals surface area contributed by atoms with Crippen molar-refractivity contribution in [1.82, 2.24) is 19.8 Å². The third-order valence-corrected chi connectivity index (χ3v) is 12.8. The number of phosphoric acid groups is 2. The lowest BCUT2D eigenvalue weighted by Crippen LogP contribution is -2.33. The van der Waals surface area contributed by atoms with Gasteiger partial charge in [0.25, 0.3) is 5.56 Å². The zero-order valence-electron chi connectivity index (χ0n) is 33.2. The number of aromatic nitrogens is 2. The van der Waals surface area contributed by atoms with Crippen molar-refractivity contribution in [2.45, 2.75) is 107 Å². The second-order valence-corrected chi connectivity index (χ2v) is 17.9. The molecule has 3 fully saturated rings. The Balaban J connectivity index is 1.31. The molecular formula is C34H55N5O16P2S. The number of carbonyl (C=O) groups excluding carboxylic acids is 3. The number of ether oxygens (including phenoxy) is 2. The summed E-state index contributed by atoms with van der Waals surface area (Å²) in [5.41, 5.74) is 3.72. The molecule has 0 bridgehead atoms. The average molecular weight is 886 g/mol. The third kappa shape index (κ3) is 15.2. The number of nitrogens with two attached hydrogens (primary N) is 1. The summed E-state index contributed by atoms with van der Waals surface area (Å²) >= 11 is 1.44. The number of phosphoric ester groups is 2. The third-order valence-electron chi connectivity index (χ3n) is 9.40. The topological polar surface area (TPSA) is 298 Å². The van der Waals surface area contributed by atoms with Crippen molar-refractivity contribution in [3.8, 4) is 0 Å². The Kier molecular flexibility index (Phi) is 18.8. The number of amides is 3. The van der Waals surface area contributed by atoms with Crippen LogP contribution in [-0.2, 0) is 51.1 Å². The Morgan fingerprint density at radius 2 is 1.78 bits per heavy atom. The van der Waals surface area contributed by atoms with Crippen LogP contribution in [0.2, 0.25) is 0 Å². The van der Waals surface area contributed by atoms with Gasteiger partial charge in [0.05, 0.1) is 44.2 Å². The molecule has 4 rings (SSSR count). The van der Waals surface area contributed by atoms with E-state index in [1.165, 1.54) is 24.9 Å². The van der Waals surface area contributed by atoms with Gasteiger partial charge in [0.1, 0.15) is 18.4 Å². The van der Waals surface area contributed by atoms with Crippen LogP contribution in [0.5, 0.6) is 0 Å². The van der Waals surface area contributed by atoms with Gasteiger partial charge in [-0.25, -0.2) is 13.9 Å². The van der Waals surface area contributed by atoms with Crippen LogP contribution in [0.25, 0.3) is 6.08 Å². The number of unbranched alkanes of at least 4 members (excludes halogenated alkanes) is 4. The number of imide groups is 1. The number of nitrogens with one attached hydrogen (secondary N) is 2. The highest BCUT2D eigenvalue weighted by molar-refractivity contribution is 8.00. The van der Waals surface area contributed by atoms with Gasteiger partial charge in [0.15, 0.2) is 0 Å². The molecule has 0 aliphatic carbocycles. The average Bonchev–Trinajstić information content (AvgIpc) is 3.81. The van der Waals surface area contributed by atoms with Crippen molar-refractivity contribution < 1.29 is 67.3 Å². The largest absolute Gasteiger partial charge is 0.472 e. The Morgan fingerprint density at radius 1 is 1.05 bits per heavy atom. The van der Waals surface area contributed by atoms with Crippen LogP contribution in [0.4, 0.5) is 0 Å². The van der Waals surface area contributed by atoms with E-state index in [0.29, 0.717) is 44.5 Å². The second-order valence-electron chi connectivity index (χ2n) is 13.8. The number of aromatic amines is 1. The highest BCUT2D eigenvalue weighted by Crippen LogP contribution is 2.51. The maximum Gasteiger partial charge on any atom is 0.472 e. The number of thioether (sulfide) groups is 1. The van der Waals surface area contributed by atoms with Gasteiger partial charge in [-0.05, 0) is 56.9 Å². The van der Waals surface area contributed by atoms with E-state index in [1.54, 1.807) is 0 Å². The fourth-order valence-corrected chi connectivity index (χ4v) is 9.44. The van der Waals surface area contributed by atoms with Gasteiger partial charge in [0, 0.05) is 51.7 Å². The summed E-state index contributed by atoms with van der Waals surface area (Å²) in [6.45, 7) is -1.18. The molecule has 1 aromatic heterocycles. The number of carbonyl (C=O) groups is 3. The van der Waals surface area contributed by atoms with Crippen molar-refractivity contribution in [3.05, 3.63) is 38.7 Å². The molecule has 24 heteroatoms.